The monoisotopic (exact) mass is 408 g/mol. The number of amides is 2. The molecule has 3 aromatic carbocycles. The first-order valence-electron chi connectivity index (χ1n) is 9.10. The molecule has 0 radical (unpaired) electrons. The summed E-state index contributed by atoms with van der Waals surface area (Å²) in [7, 11) is 1.55. The minimum atomic E-state index is -0.615. The normalized spacial score (nSPS) is 10.3. The van der Waals surface area contributed by atoms with E-state index < -0.39 is 6.09 Å². The van der Waals surface area contributed by atoms with E-state index in [0.717, 1.165) is 11.1 Å². The Bertz CT molecular complexity index is 947. The first kappa shape index (κ1) is 20.4. The SMILES string of the molecule is CN(C(=O)c1ccccc1)N(Cc1ccc(Cl)cc1)C(=O)OCc1ccccc1. The average Bonchev–Trinajstić information content (AvgIpc) is 2.77. The van der Waals surface area contributed by atoms with Crippen molar-refractivity contribution in [3.63, 3.8) is 0 Å². The molecule has 0 aromatic heterocycles. The molecule has 0 bridgehead atoms. The van der Waals surface area contributed by atoms with Gasteiger partial charge < -0.3 is 4.74 Å². The van der Waals surface area contributed by atoms with Crippen LogP contribution in [0.1, 0.15) is 21.5 Å². The maximum absolute atomic E-state index is 12.9. The molecule has 0 aliphatic carbocycles. The molecule has 0 saturated carbocycles. The second-order valence-electron chi connectivity index (χ2n) is 6.42. The third-order valence-electron chi connectivity index (χ3n) is 4.34. The first-order chi connectivity index (χ1) is 14.0. The summed E-state index contributed by atoms with van der Waals surface area (Å²) in [5.41, 5.74) is 2.16. The van der Waals surface area contributed by atoms with Crippen molar-refractivity contribution in [1.29, 1.82) is 0 Å². The van der Waals surface area contributed by atoms with Crippen molar-refractivity contribution in [3.8, 4) is 0 Å². The summed E-state index contributed by atoms with van der Waals surface area (Å²) in [4.78, 5) is 25.7. The Balaban J connectivity index is 1.79. The van der Waals surface area contributed by atoms with E-state index >= 15 is 0 Å². The third-order valence-corrected chi connectivity index (χ3v) is 4.59. The van der Waals surface area contributed by atoms with Gasteiger partial charge in [0.1, 0.15) is 6.61 Å². The Morgan fingerprint density at radius 3 is 2.03 bits per heavy atom. The lowest BCUT2D eigenvalue weighted by Crippen LogP contribution is -2.47. The number of hydrogen-bond donors (Lipinski definition) is 0. The molecule has 3 aromatic rings. The Morgan fingerprint density at radius 1 is 0.828 bits per heavy atom. The van der Waals surface area contributed by atoms with E-state index in [1.807, 2.05) is 36.4 Å². The Morgan fingerprint density at radius 2 is 1.41 bits per heavy atom. The number of hydrogen-bond acceptors (Lipinski definition) is 3. The second kappa shape index (κ2) is 9.75. The highest BCUT2D eigenvalue weighted by molar-refractivity contribution is 6.30. The van der Waals surface area contributed by atoms with E-state index in [1.165, 1.54) is 10.0 Å². The van der Waals surface area contributed by atoms with Crippen LogP contribution in [0.3, 0.4) is 0 Å². The van der Waals surface area contributed by atoms with Gasteiger partial charge in [-0.1, -0.05) is 72.3 Å². The van der Waals surface area contributed by atoms with Gasteiger partial charge >= 0.3 is 6.09 Å². The fourth-order valence-electron chi connectivity index (χ4n) is 2.73. The summed E-state index contributed by atoms with van der Waals surface area (Å²) < 4.78 is 5.46. The molecule has 2 amide bonds. The van der Waals surface area contributed by atoms with Crippen LogP contribution in [0, 0.1) is 0 Å². The summed E-state index contributed by atoms with van der Waals surface area (Å²) in [5.74, 6) is -0.309. The maximum atomic E-state index is 12.9. The average molecular weight is 409 g/mol. The molecule has 3 rings (SSSR count). The zero-order valence-electron chi connectivity index (χ0n) is 16.0. The van der Waals surface area contributed by atoms with E-state index in [9.17, 15) is 9.59 Å². The predicted molar refractivity (Wildman–Crippen MR) is 112 cm³/mol. The highest BCUT2D eigenvalue weighted by Crippen LogP contribution is 2.16. The summed E-state index contributed by atoms with van der Waals surface area (Å²) >= 11 is 5.95. The van der Waals surface area contributed by atoms with Crippen LogP contribution in [-0.2, 0) is 17.9 Å². The van der Waals surface area contributed by atoms with Crippen LogP contribution in [0.5, 0.6) is 0 Å². The summed E-state index contributed by atoms with van der Waals surface area (Å²) in [6.45, 7) is 0.282. The molecule has 0 fully saturated rings. The molecule has 0 heterocycles. The molecule has 148 valence electrons. The molecule has 0 saturated heterocycles. The number of carbonyl (C=O) groups is 2. The lowest BCUT2D eigenvalue weighted by Gasteiger charge is -2.31. The van der Waals surface area contributed by atoms with E-state index in [4.69, 9.17) is 16.3 Å². The molecule has 0 aliphatic rings. The van der Waals surface area contributed by atoms with Crippen LogP contribution in [0.2, 0.25) is 5.02 Å². The fourth-order valence-corrected chi connectivity index (χ4v) is 2.85. The zero-order valence-corrected chi connectivity index (χ0v) is 16.8. The van der Waals surface area contributed by atoms with Gasteiger partial charge in [-0.3, -0.25) is 4.79 Å². The number of ether oxygens (including phenoxy) is 1. The van der Waals surface area contributed by atoms with E-state index in [0.29, 0.717) is 10.6 Å². The van der Waals surface area contributed by atoms with Crippen molar-refractivity contribution < 1.29 is 14.3 Å². The van der Waals surface area contributed by atoms with Crippen molar-refractivity contribution in [2.24, 2.45) is 0 Å². The number of nitrogens with zero attached hydrogens (tertiary/aromatic N) is 2. The molecular formula is C23H21ClN2O3. The number of benzene rings is 3. The van der Waals surface area contributed by atoms with Crippen molar-refractivity contribution in [2.45, 2.75) is 13.2 Å². The summed E-state index contributed by atoms with van der Waals surface area (Å²) in [6, 6.07) is 25.3. The minimum absolute atomic E-state index is 0.115. The van der Waals surface area contributed by atoms with Crippen molar-refractivity contribution >= 4 is 23.6 Å². The topological polar surface area (TPSA) is 49.9 Å². The number of hydrazine groups is 1. The molecule has 0 atom stereocenters. The molecule has 0 spiro atoms. The Kier molecular flexibility index (Phi) is 6.87. The zero-order chi connectivity index (χ0) is 20.6. The molecule has 0 unspecified atom stereocenters. The van der Waals surface area contributed by atoms with E-state index in [2.05, 4.69) is 0 Å². The Labute approximate surface area is 175 Å². The molecule has 5 nitrogen and oxygen atoms in total. The van der Waals surface area contributed by atoms with Crippen LogP contribution in [0.25, 0.3) is 0 Å². The van der Waals surface area contributed by atoms with E-state index in [1.54, 1.807) is 55.6 Å². The number of rotatable bonds is 5. The van der Waals surface area contributed by atoms with Gasteiger partial charge in [0.25, 0.3) is 5.91 Å². The van der Waals surface area contributed by atoms with Gasteiger partial charge in [0, 0.05) is 17.6 Å². The molecule has 29 heavy (non-hydrogen) atoms. The van der Waals surface area contributed by atoms with Crippen LogP contribution in [0.15, 0.2) is 84.9 Å². The second-order valence-corrected chi connectivity index (χ2v) is 6.86. The summed E-state index contributed by atoms with van der Waals surface area (Å²) in [6.07, 6.45) is -0.615. The lowest BCUT2D eigenvalue weighted by molar-refractivity contribution is -0.00612. The van der Waals surface area contributed by atoms with Crippen LogP contribution >= 0.6 is 11.6 Å². The molecular weight excluding hydrogens is 388 g/mol. The van der Waals surface area contributed by atoms with Gasteiger partial charge in [0.05, 0.1) is 6.54 Å². The van der Waals surface area contributed by atoms with E-state index in [-0.39, 0.29) is 19.1 Å². The quantitative estimate of drug-likeness (QED) is 0.547. The predicted octanol–water partition coefficient (Wildman–Crippen LogP) is 5.17. The highest BCUT2D eigenvalue weighted by atomic mass is 35.5. The largest absolute Gasteiger partial charge is 0.443 e. The van der Waals surface area contributed by atoms with Gasteiger partial charge in [-0.2, -0.15) is 0 Å². The standard InChI is InChI=1S/C23H21ClN2O3/c1-25(22(27)20-10-6-3-7-11-20)26(16-18-12-14-21(24)15-13-18)23(28)29-17-19-8-4-2-5-9-19/h2-15H,16-17H2,1H3. The van der Waals surface area contributed by atoms with Crippen LogP contribution in [0.4, 0.5) is 4.79 Å². The van der Waals surface area contributed by atoms with Crippen molar-refractivity contribution in [3.05, 3.63) is 107 Å². The van der Waals surface area contributed by atoms with Crippen molar-refractivity contribution in [1.82, 2.24) is 10.0 Å². The fraction of sp³-hybridized carbons (Fsp3) is 0.130. The molecule has 0 N–H and O–H groups in total. The smallest absolute Gasteiger partial charge is 0.429 e. The summed E-state index contributed by atoms with van der Waals surface area (Å²) in [5, 5.41) is 3.15. The van der Waals surface area contributed by atoms with Crippen LogP contribution in [-0.4, -0.2) is 29.1 Å². The molecule has 0 aliphatic heterocycles. The number of halogens is 1. The molecule has 6 heteroatoms. The van der Waals surface area contributed by atoms with Crippen molar-refractivity contribution in [2.75, 3.05) is 7.05 Å². The van der Waals surface area contributed by atoms with Gasteiger partial charge in [-0.05, 0) is 35.4 Å². The van der Waals surface area contributed by atoms with Gasteiger partial charge in [-0.25, -0.2) is 14.8 Å². The van der Waals surface area contributed by atoms with Gasteiger partial charge in [0.15, 0.2) is 0 Å². The highest BCUT2D eigenvalue weighted by Gasteiger charge is 2.25. The third kappa shape index (κ3) is 5.59. The maximum Gasteiger partial charge on any atom is 0.429 e. The lowest BCUT2D eigenvalue weighted by atomic mass is 10.2. The Hall–Kier alpha value is -3.31. The number of carbonyl (C=O) groups excluding carboxylic acids is 2. The van der Waals surface area contributed by atoms with Gasteiger partial charge in [-0.15, -0.1) is 0 Å². The minimum Gasteiger partial charge on any atom is -0.443 e. The van der Waals surface area contributed by atoms with Crippen LogP contribution < -0.4 is 0 Å². The van der Waals surface area contributed by atoms with Gasteiger partial charge in [0.2, 0.25) is 0 Å². The first-order valence-corrected chi connectivity index (χ1v) is 9.48.